The van der Waals surface area contributed by atoms with Crippen molar-refractivity contribution in [3.8, 4) is 11.8 Å². The lowest BCUT2D eigenvalue weighted by atomic mass is 10.2. The lowest BCUT2D eigenvalue weighted by Crippen LogP contribution is -2.41. The van der Waals surface area contributed by atoms with Crippen LogP contribution in [-0.4, -0.2) is 42.8 Å². The largest absolute Gasteiger partial charge is 0.488 e. The van der Waals surface area contributed by atoms with Crippen molar-refractivity contribution in [3.05, 3.63) is 65.7 Å². The number of amides is 1. The predicted octanol–water partition coefficient (Wildman–Crippen LogP) is 2.89. The fourth-order valence-electron chi connectivity index (χ4n) is 3.05. The number of likely N-dealkylation sites (tertiary alicyclic amines) is 1. The van der Waals surface area contributed by atoms with Crippen molar-refractivity contribution in [2.75, 3.05) is 13.7 Å². The average molecular weight is 380 g/mol. The Bertz CT molecular complexity index is 861. The van der Waals surface area contributed by atoms with Crippen molar-refractivity contribution in [2.24, 2.45) is 0 Å². The zero-order chi connectivity index (χ0) is 19.9. The van der Waals surface area contributed by atoms with Crippen LogP contribution in [0.3, 0.4) is 0 Å². The highest BCUT2D eigenvalue weighted by atomic mass is 16.6. The highest BCUT2D eigenvalue weighted by Crippen LogP contribution is 2.25. The maximum atomic E-state index is 12.5. The molecule has 144 valence electrons. The topological polar surface area (TPSA) is 88.9 Å². The molecule has 0 saturated carbocycles. The standard InChI is InChI=1S/C21H20N2O5/c1-26-20(24)19-11-18(28-17-9-7-15(12-22)8-10-17)13-23(19)21(25)27-14-16-5-3-2-4-6-16/h2-10,18-19H,11,13-14H2,1H3/t18?,19-/m0/s1. The Morgan fingerprint density at radius 3 is 2.50 bits per heavy atom. The van der Waals surface area contributed by atoms with Crippen molar-refractivity contribution < 1.29 is 23.8 Å². The third-order valence-corrected chi connectivity index (χ3v) is 4.46. The van der Waals surface area contributed by atoms with Gasteiger partial charge in [-0.2, -0.15) is 5.26 Å². The third kappa shape index (κ3) is 4.60. The van der Waals surface area contributed by atoms with Gasteiger partial charge in [0.2, 0.25) is 0 Å². The van der Waals surface area contributed by atoms with Crippen molar-refractivity contribution in [3.63, 3.8) is 0 Å². The minimum atomic E-state index is -0.767. The van der Waals surface area contributed by atoms with Crippen molar-refractivity contribution >= 4 is 12.1 Å². The smallest absolute Gasteiger partial charge is 0.410 e. The number of rotatable bonds is 5. The summed E-state index contributed by atoms with van der Waals surface area (Å²) in [5.41, 5.74) is 1.38. The summed E-state index contributed by atoms with van der Waals surface area (Å²) in [6.07, 6.45) is -0.681. The Balaban J connectivity index is 1.65. The number of benzene rings is 2. The number of hydrogen-bond donors (Lipinski definition) is 0. The van der Waals surface area contributed by atoms with Crippen LogP contribution in [0.5, 0.6) is 5.75 Å². The Kier molecular flexibility index (Phi) is 6.12. The van der Waals surface area contributed by atoms with E-state index in [0.717, 1.165) is 5.56 Å². The van der Waals surface area contributed by atoms with Crippen LogP contribution in [-0.2, 0) is 20.9 Å². The van der Waals surface area contributed by atoms with Gasteiger partial charge in [-0.1, -0.05) is 30.3 Å². The maximum Gasteiger partial charge on any atom is 0.410 e. The van der Waals surface area contributed by atoms with Crippen LogP contribution in [0.1, 0.15) is 17.5 Å². The molecule has 0 spiro atoms. The molecule has 3 rings (SSSR count). The molecule has 1 aliphatic rings. The van der Waals surface area contributed by atoms with Crippen LogP contribution in [0.4, 0.5) is 4.79 Å². The zero-order valence-corrected chi connectivity index (χ0v) is 15.4. The first-order valence-corrected chi connectivity index (χ1v) is 8.82. The highest BCUT2D eigenvalue weighted by molar-refractivity contribution is 5.82. The van der Waals surface area contributed by atoms with Gasteiger partial charge in [-0.25, -0.2) is 9.59 Å². The summed E-state index contributed by atoms with van der Waals surface area (Å²) in [4.78, 5) is 26.0. The molecule has 1 heterocycles. The molecule has 0 bridgehead atoms. The van der Waals surface area contributed by atoms with Gasteiger partial charge in [0, 0.05) is 6.42 Å². The SMILES string of the molecule is COC(=O)[C@@H]1CC(Oc2ccc(C#N)cc2)CN1C(=O)OCc1ccccc1. The van der Waals surface area contributed by atoms with Crippen LogP contribution in [0.15, 0.2) is 54.6 Å². The average Bonchev–Trinajstić information content (AvgIpc) is 3.16. The van der Waals surface area contributed by atoms with Crippen molar-refractivity contribution in [1.29, 1.82) is 5.26 Å². The van der Waals surface area contributed by atoms with Gasteiger partial charge in [0.25, 0.3) is 0 Å². The van der Waals surface area contributed by atoms with E-state index in [2.05, 4.69) is 0 Å². The Morgan fingerprint density at radius 1 is 1.14 bits per heavy atom. The molecule has 0 aromatic heterocycles. The third-order valence-electron chi connectivity index (χ3n) is 4.46. The van der Waals surface area contributed by atoms with E-state index in [1.807, 2.05) is 36.4 Å². The molecule has 7 nitrogen and oxygen atoms in total. The summed E-state index contributed by atoms with van der Waals surface area (Å²) in [6, 6.07) is 17.2. The monoisotopic (exact) mass is 380 g/mol. The van der Waals surface area contributed by atoms with Crippen molar-refractivity contribution in [1.82, 2.24) is 4.90 Å². The molecule has 2 aromatic carbocycles. The van der Waals surface area contributed by atoms with Gasteiger partial charge >= 0.3 is 12.1 Å². The van der Waals surface area contributed by atoms with Crippen LogP contribution in [0.2, 0.25) is 0 Å². The van der Waals surface area contributed by atoms with E-state index >= 15 is 0 Å². The molecule has 1 unspecified atom stereocenters. The van der Waals surface area contributed by atoms with Crippen molar-refractivity contribution in [2.45, 2.75) is 25.2 Å². The second-order valence-electron chi connectivity index (χ2n) is 6.34. The van der Waals surface area contributed by atoms with E-state index in [0.29, 0.717) is 17.7 Å². The Labute approximate surface area is 163 Å². The molecule has 2 atom stereocenters. The van der Waals surface area contributed by atoms with Crippen LogP contribution < -0.4 is 4.74 Å². The molecule has 0 aliphatic carbocycles. The Morgan fingerprint density at radius 2 is 1.86 bits per heavy atom. The summed E-state index contributed by atoms with van der Waals surface area (Å²) in [5.74, 6) is 0.0507. The number of esters is 1. The number of ether oxygens (including phenoxy) is 3. The minimum Gasteiger partial charge on any atom is -0.488 e. The number of carbonyl (C=O) groups is 2. The molecule has 2 aromatic rings. The van der Waals surface area contributed by atoms with E-state index in [4.69, 9.17) is 19.5 Å². The summed E-state index contributed by atoms with van der Waals surface area (Å²) >= 11 is 0. The molecule has 1 saturated heterocycles. The second-order valence-corrected chi connectivity index (χ2v) is 6.34. The fraction of sp³-hybridized carbons (Fsp3) is 0.286. The van der Waals surface area contributed by atoms with E-state index < -0.39 is 18.1 Å². The fourth-order valence-corrected chi connectivity index (χ4v) is 3.05. The van der Waals surface area contributed by atoms with E-state index in [9.17, 15) is 9.59 Å². The second kappa shape index (κ2) is 8.91. The van der Waals surface area contributed by atoms with Gasteiger partial charge in [0.1, 0.15) is 24.5 Å². The van der Waals surface area contributed by atoms with Crippen LogP contribution in [0.25, 0.3) is 0 Å². The quantitative estimate of drug-likeness (QED) is 0.741. The predicted molar refractivity (Wildman–Crippen MR) is 99.3 cm³/mol. The first kappa shape index (κ1) is 19.2. The summed E-state index contributed by atoms with van der Waals surface area (Å²) in [6.45, 7) is 0.318. The van der Waals surface area contributed by atoms with E-state index in [1.54, 1.807) is 24.3 Å². The number of nitrogens with zero attached hydrogens (tertiary/aromatic N) is 2. The lowest BCUT2D eigenvalue weighted by molar-refractivity contribution is -0.145. The summed E-state index contributed by atoms with van der Waals surface area (Å²) in [5, 5.41) is 8.86. The number of methoxy groups -OCH3 is 1. The first-order valence-electron chi connectivity index (χ1n) is 8.82. The van der Waals surface area contributed by atoms with E-state index in [-0.39, 0.29) is 19.3 Å². The van der Waals surface area contributed by atoms with Gasteiger partial charge in [-0.15, -0.1) is 0 Å². The molecule has 1 fully saturated rings. The molecule has 28 heavy (non-hydrogen) atoms. The number of carbonyl (C=O) groups excluding carboxylic acids is 2. The van der Waals surface area contributed by atoms with Gasteiger partial charge in [-0.05, 0) is 29.8 Å². The summed E-state index contributed by atoms with van der Waals surface area (Å²) in [7, 11) is 1.28. The van der Waals surface area contributed by atoms with Gasteiger partial charge in [0.05, 0.1) is 25.3 Å². The molecule has 1 aliphatic heterocycles. The van der Waals surface area contributed by atoms with Gasteiger partial charge in [-0.3, -0.25) is 4.90 Å². The molecule has 0 radical (unpaired) electrons. The molecular weight excluding hydrogens is 360 g/mol. The number of nitriles is 1. The normalized spacial score (nSPS) is 18.2. The van der Waals surface area contributed by atoms with Gasteiger partial charge in [0.15, 0.2) is 0 Å². The highest BCUT2D eigenvalue weighted by Gasteiger charge is 2.42. The van der Waals surface area contributed by atoms with Crippen LogP contribution in [0, 0.1) is 11.3 Å². The molecule has 1 amide bonds. The molecular formula is C21H20N2O5. The maximum absolute atomic E-state index is 12.5. The zero-order valence-electron chi connectivity index (χ0n) is 15.4. The first-order chi connectivity index (χ1) is 13.6. The number of hydrogen-bond acceptors (Lipinski definition) is 6. The molecule has 0 N–H and O–H groups in total. The minimum absolute atomic E-state index is 0.116. The van der Waals surface area contributed by atoms with Crippen LogP contribution >= 0.6 is 0 Å². The molecule has 7 heteroatoms. The summed E-state index contributed by atoms with van der Waals surface area (Å²) < 4.78 is 16.1. The van der Waals surface area contributed by atoms with Gasteiger partial charge < -0.3 is 14.2 Å². The Hall–Kier alpha value is -3.53. The van der Waals surface area contributed by atoms with E-state index in [1.165, 1.54) is 12.0 Å². The lowest BCUT2D eigenvalue weighted by Gasteiger charge is -2.21.